The normalized spacial score (nSPS) is 18.4. The fourth-order valence-electron chi connectivity index (χ4n) is 4.14. The predicted octanol–water partition coefficient (Wildman–Crippen LogP) is 3.40. The molecule has 1 aliphatic carbocycles. The maximum absolute atomic E-state index is 12.8. The molecule has 2 fully saturated rings. The standard InChI is InChI=1S/C21H26N4O2S/c1-15-6-2-5-9-17(15)19(26)23-21-22-18(14-28-21)20(27)25-12-10-24(11-13-25)16-7-3-4-8-16/h2,5-6,9,14,16H,3-4,7-8,10-13H2,1H3,(H,22,23,26). The Morgan fingerprint density at radius 2 is 1.82 bits per heavy atom. The summed E-state index contributed by atoms with van der Waals surface area (Å²) in [4.78, 5) is 34.0. The molecule has 0 spiro atoms. The van der Waals surface area contributed by atoms with Gasteiger partial charge >= 0.3 is 0 Å². The van der Waals surface area contributed by atoms with Gasteiger partial charge in [0.15, 0.2) is 5.13 Å². The minimum atomic E-state index is -0.198. The van der Waals surface area contributed by atoms with Gasteiger partial charge in [0.1, 0.15) is 5.69 Å². The number of nitrogens with zero attached hydrogens (tertiary/aromatic N) is 3. The molecule has 28 heavy (non-hydrogen) atoms. The van der Waals surface area contributed by atoms with Crippen LogP contribution in [0.4, 0.5) is 5.13 Å². The van der Waals surface area contributed by atoms with E-state index in [2.05, 4.69) is 15.2 Å². The van der Waals surface area contributed by atoms with Crippen molar-refractivity contribution in [2.75, 3.05) is 31.5 Å². The first-order valence-corrected chi connectivity index (χ1v) is 10.9. The molecular weight excluding hydrogens is 372 g/mol. The second-order valence-electron chi connectivity index (χ2n) is 7.57. The summed E-state index contributed by atoms with van der Waals surface area (Å²) in [5.41, 5.74) is 1.95. The van der Waals surface area contributed by atoms with Gasteiger partial charge in [0, 0.05) is 43.2 Å². The highest BCUT2D eigenvalue weighted by Crippen LogP contribution is 2.25. The molecule has 1 saturated heterocycles. The highest BCUT2D eigenvalue weighted by Gasteiger charge is 2.29. The topological polar surface area (TPSA) is 65.5 Å². The molecule has 1 saturated carbocycles. The van der Waals surface area contributed by atoms with Crippen LogP contribution in [0, 0.1) is 6.92 Å². The molecule has 4 rings (SSSR count). The van der Waals surface area contributed by atoms with E-state index in [9.17, 15) is 9.59 Å². The van der Waals surface area contributed by atoms with Crippen LogP contribution in [-0.2, 0) is 0 Å². The molecule has 7 heteroatoms. The number of rotatable bonds is 4. The first-order chi connectivity index (χ1) is 13.6. The van der Waals surface area contributed by atoms with Gasteiger partial charge in [0.05, 0.1) is 0 Å². The Bertz CT molecular complexity index is 852. The van der Waals surface area contributed by atoms with Crippen LogP contribution in [0.25, 0.3) is 0 Å². The summed E-state index contributed by atoms with van der Waals surface area (Å²) in [5, 5.41) is 5.01. The Kier molecular flexibility index (Phi) is 5.73. The van der Waals surface area contributed by atoms with Gasteiger partial charge in [-0.25, -0.2) is 4.98 Å². The summed E-state index contributed by atoms with van der Waals surface area (Å²) < 4.78 is 0. The minimum absolute atomic E-state index is 0.0429. The molecule has 1 aliphatic heterocycles. The summed E-state index contributed by atoms with van der Waals surface area (Å²) >= 11 is 1.29. The number of aryl methyl sites for hydroxylation is 1. The van der Waals surface area contributed by atoms with E-state index in [-0.39, 0.29) is 11.8 Å². The largest absolute Gasteiger partial charge is 0.335 e. The molecule has 0 bridgehead atoms. The Balaban J connectivity index is 1.34. The lowest BCUT2D eigenvalue weighted by atomic mass is 10.1. The van der Waals surface area contributed by atoms with Gasteiger partial charge < -0.3 is 4.90 Å². The molecular formula is C21H26N4O2S. The molecule has 2 aliphatic rings. The number of hydrogen-bond donors (Lipinski definition) is 1. The Morgan fingerprint density at radius 3 is 2.54 bits per heavy atom. The third kappa shape index (κ3) is 4.10. The number of benzene rings is 1. The number of hydrogen-bond acceptors (Lipinski definition) is 5. The van der Waals surface area contributed by atoms with Crippen molar-refractivity contribution >= 4 is 28.3 Å². The van der Waals surface area contributed by atoms with Crippen molar-refractivity contribution in [3.05, 3.63) is 46.5 Å². The van der Waals surface area contributed by atoms with Crippen LogP contribution in [0.5, 0.6) is 0 Å². The number of carbonyl (C=O) groups excluding carboxylic acids is 2. The van der Waals surface area contributed by atoms with Crippen LogP contribution in [-0.4, -0.2) is 58.8 Å². The zero-order valence-electron chi connectivity index (χ0n) is 16.2. The molecule has 148 valence electrons. The van der Waals surface area contributed by atoms with Crippen molar-refractivity contribution in [3.63, 3.8) is 0 Å². The van der Waals surface area contributed by atoms with Gasteiger partial charge in [-0.3, -0.25) is 19.8 Å². The van der Waals surface area contributed by atoms with Crippen molar-refractivity contribution in [3.8, 4) is 0 Å². The number of nitrogens with one attached hydrogen (secondary N) is 1. The number of aromatic nitrogens is 1. The molecule has 2 amide bonds. The van der Waals surface area contributed by atoms with Crippen LogP contribution in [0.15, 0.2) is 29.6 Å². The third-order valence-electron chi connectivity index (χ3n) is 5.78. The number of carbonyl (C=O) groups is 2. The number of anilines is 1. The molecule has 2 aromatic rings. The summed E-state index contributed by atoms with van der Waals surface area (Å²) in [6.07, 6.45) is 5.26. The van der Waals surface area contributed by atoms with Crippen LogP contribution in [0.3, 0.4) is 0 Å². The quantitative estimate of drug-likeness (QED) is 0.857. The van der Waals surface area contributed by atoms with E-state index < -0.39 is 0 Å². The number of thiazole rings is 1. The molecule has 6 nitrogen and oxygen atoms in total. The molecule has 1 aromatic carbocycles. The van der Waals surface area contributed by atoms with Gasteiger partial charge in [-0.2, -0.15) is 0 Å². The van der Waals surface area contributed by atoms with Crippen LogP contribution in [0.1, 0.15) is 52.1 Å². The van der Waals surface area contributed by atoms with Crippen molar-refractivity contribution in [2.24, 2.45) is 0 Å². The molecule has 2 heterocycles. The van der Waals surface area contributed by atoms with Gasteiger partial charge in [0.25, 0.3) is 11.8 Å². The second kappa shape index (κ2) is 8.41. The van der Waals surface area contributed by atoms with E-state index in [1.54, 1.807) is 11.4 Å². The maximum atomic E-state index is 12.8. The lowest BCUT2D eigenvalue weighted by Gasteiger charge is -2.37. The van der Waals surface area contributed by atoms with E-state index in [4.69, 9.17) is 0 Å². The van der Waals surface area contributed by atoms with E-state index in [1.807, 2.05) is 30.0 Å². The number of piperazine rings is 1. The van der Waals surface area contributed by atoms with Crippen molar-refractivity contribution in [2.45, 2.75) is 38.6 Å². The van der Waals surface area contributed by atoms with Gasteiger partial charge in [0.2, 0.25) is 0 Å². The lowest BCUT2D eigenvalue weighted by molar-refractivity contribution is 0.0568. The molecule has 0 unspecified atom stereocenters. The molecule has 1 aromatic heterocycles. The zero-order valence-corrected chi connectivity index (χ0v) is 17.0. The van der Waals surface area contributed by atoms with Gasteiger partial charge in [-0.1, -0.05) is 31.0 Å². The van der Waals surface area contributed by atoms with E-state index >= 15 is 0 Å². The summed E-state index contributed by atoms with van der Waals surface area (Å²) in [7, 11) is 0. The average molecular weight is 399 g/mol. The summed E-state index contributed by atoms with van der Waals surface area (Å²) in [5.74, 6) is -0.240. The summed E-state index contributed by atoms with van der Waals surface area (Å²) in [6.45, 7) is 5.28. The third-order valence-corrected chi connectivity index (χ3v) is 6.53. The molecule has 0 radical (unpaired) electrons. The lowest BCUT2D eigenvalue weighted by Crippen LogP contribution is -2.51. The van der Waals surface area contributed by atoms with Crippen LogP contribution < -0.4 is 5.32 Å². The average Bonchev–Trinajstić information content (AvgIpc) is 3.40. The first kappa shape index (κ1) is 19.1. The fourth-order valence-corrected chi connectivity index (χ4v) is 4.82. The fraction of sp³-hybridized carbons (Fsp3) is 0.476. The smallest absolute Gasteiger partial charge is 0.273 e. The Hall–Kier alpha value is -2.25. The van der Waals surface area contributed by atoms with Crippen LogP contribution in [0.2, 0.25) is 0 Å². The second-order valence-corrected chi connectivity index (χ2v) is 8.43. The SMILES string of the molecule is Cc1ccccc1C(=O)Nc1nc(C(=O)N2CCN(C3CCCC3)CC2)cs1. The highest BCUT2D eigenvalue weighted by molar-refractivity contribution is 7.14. The van der Waals surface area contributed by atoms with E-state index in [0.717, 1.165) is 31.7 Å². The predicted molar refractivity (Wildman–Crippen MR) is 111 cm³/mol. The van der Waals surface area contributed by atoms with Gasteiger partial charge in [-0.15, -0.1) is 11.3 Å². The van der Waals surface area contributed by atoms with Crippen LogP contribution >= 0.6 is 11.3 Å². The Morgan fingerprint density at radius 1 is 1.11 bits per heavy atom. The van der Waals surface area contributed by atoms with Crippen molar-refractivity contribution in [1.29, 1.82) is 0 Å². The van der Waals surface area contributed by atoms with Crippen molar-refractivity contribution < 1.29 is 9.59 Å². The monoisotopic (exact) mass is 398 g/mol. The highest BCUT2D eigenvalue weighted by atomic mass is 32.1. The first-order valence-electron chi connectivity index (χ1n) is 9.97. The molecule has 1 N–H and O–H groups in total. The summed E-state index contributed by atoms with van der Waals surface area (Å²) in [6, 6.07) is 8.13. The molecule has 0 atom stereocenters. The zero-order chi connectivity index (χ0) is 19.5. The van der Waals surface area contributed by atoms with E-state index in [1.165, 1.54) is 37.0 Å². The number of amides is 2. The minimum Gasteiger partial charge on any atom is -0.335 e. The van der Waals surface area contributed by atoms with Gasteiger partial charge in [-0.05, 0) is 31.4 Å². The van der Waals surface area contributed by atoms with Crippen molar-refractivity contribution in [1.82, 2.24) is 14.8 Å². The maximum Gasteiger partial charge on any atom is 0.273 e. The van der Waals surface area contributed by atoms with E-state index in [0.29, 0.717) is 22.4 Å². The Labute approximate surface area is 169 Å².